The highest BCUT2D eigenvalue weighted by atomic mass is 79.9. The number of nitrogens with two attached hydrogens (primary N) is 1. The molecule has 0 aliphatic heterocycles. The molecule has 21 heavy (non-hydrogen) atoms. The number of anilines is 1. The van der Waals surface area contributed by atoms with Crippen LogP contribution in [-0.2, 0) is 0 Å². The summed E-state index contributed by atoms with van der Waals surface area (Å²) in [6.45, 7) is 0. The number of ether oxygens (including phenoxy) is 1. The lowest BCUT2D eigenvalue weighted by atomic mass is 10.3. The number of H-pyrrole nitrogens is 1. The van der Waals surface area contributed by atoms with Gasteiger partial charge in [0.05, 0.1) is 16.2 Å². The fraction of sp³-hybridized carbons (Fsp3) is 0. The predicted octanol–water partition coefficient (Wildman–Crippen LogP) is 3.50. The molecule has 0 saturated carbocycles. The second kappa shape index (κ2) is 5.64. The van der Waals surface area contributed by atoms with Crippen molar-refractivity contribution in [2.24, 2.45) is 5.84 Å². The van der Waals surface area contributed by atoms with Crippen LogP contribution in [0.2, 0.25) is 10.0 Å². The summed E-state index contributed by atoms with van der Waals surface area (Å²) in [5, 5.41) is 8.03. The summed E-state index contributed by atoms with van der Waals surface area (Å²) < 4.78 is 6.38. The Hall–Kier alpha value is -1.61. The van der Waals surface area contributed by atoms with E-state index in [4.69, 9.17) is 33.8 Å². The maximum atomic E-state index is 6.13. The van der Waals surface area contributed by atoms with Gasteiger partial charge in [0, 0.05) is 10.5 Å². The second-order valence-corrected chi connectivity index (χ2v) is 5.60. The van der Waals surface area contributed by atoms with Gasteiger partial charge in [-0.3, -0.25) is 10.5 Å². The highest BCUT2D eigenvalue weighted by Crippen LogP contribution is 2.37. The van der Waals surface area contributed by atoms with Gasteiger partial charge in [-0.15, -0.1) is 0 Å². The van der Waals surface area contributed by atoms with Crippen LogP contribution in [0.25, 0.3) is 11.0 Å². The molecule has 2 aromatic heterocycles. The van der Waals surface area contributed by atoms with Gasteiger partial charge in [-0.25, -0.2) is 5.84 Å². The quantitative estimate of drug-likeness (QED) is 0.360. The number of hydrogen-bond donors (Lipinski definition) is 3. The Kier molecular flexibility index (Phi) is 3.85. The molecule has 3 aromatic rings. The Labute approximate surface area is 136 Å². The Morgan fingerprint density at radius 2 is 2.05 bits per heavy atom. The van der Waals surface area contributed by atoms with Crippen LogP contribution in [0.1, 0.15) is 0 Å². The van der Waals surface area contributed by atoms with Crippen LogP contribution in [0.5, 0.6) is 11.6 Å². The highest BCUT2D eigenvalue weighted by molar-refractivity contribution is 9.10. The van der Waals surface area contributed by atoms with Crippen molar-refractivity contribution in [3.8, 4) is 11.6 Å². The Morgan fingerprint density at radius 1 is 1.24 bits per heavy atom. The maximum absolute atomic E-state index is 6.13. The molecule has 1 aromatic carbocycles. The number of hydrogen-bond acceptors (Lipinski definition) is 6. The zero-order valence-corrected chi connectivity index (χ0v) is 13.3. The topological polar surface area (TPSA) is 102 Å². The Morgan fingerprint density at radius 3 is 2.81 bits per heavy atom. The smallest absolute Gasteiger partial charge is 0.242 e. The van der Waals surface area contributed by atoms with Crippen LogP contribution in [-0.4, -0.2) is 20.2 Å². The molecule has 3 rings (SSSR count). The van der Waals surface area contributed by atoms with Gasteiger partial charge in [0.2, 0.25) is 11.8 Å². The standard InChI is InChI=1S/C11H7BrCl2N6O/c12-5-1-7(14)8(2-6(5)13)21-10-4-3-16-20-9(4)17-11(18-10)19-15/h1-3H,15H2,(H2,16,17,18,19,20). The van der Waals surface area contributed by atoms with Crippen LogP contribution < -0.4 is 16.0 Å². The van der Waals surface area contributed by atoms with Gasteiger partial charge in [-0.1, -0.05) is 23.2 Å². The average Bonchev–Trinajstić information content (AvgIpc) is 2.93. The number of rotatable bonds is 3. The number of halogens is 3. The van der Waals surface area contributed by atoms with E-state index in [1.807, 2.05) is 0 Å². The van der Waals surface area contributed by atoms with Crippen molar-refractivity contribution in [3.05, 3.63) is 32.8 Å². The molecule has 0 fully saturated rings. The third-order valence-electron chi connectivity index (χ3n) is 2.59. The minimum Gasteiger partial charge on any atom is -0.436 e. The minimum absolute atomic E-state index is 0.182. The lowest BCUT2D eigenvalue weighted by Crippen LogP contribution is -2.10. The summed E-state index contributed by atoms with van der Waals surface area (Å²) in [5.74, 6) is 6.12. The van der Waals surface area contributed by atoms with Crippen molar-refractivity contribution in [1.29, 1.82) is 0 Å². The average molecular weight is 390 g/mol. The van der Waals surface area contributed by atoms with Crippen LogP contribution in [0.4, 0.5) is 5.95 Å². The number of nitrogen functional groups attached to an aromatic ring is 1. The zero-order valence-electron chi connectivity index (χ0n) is 10.2. The van der Waals surface area contributed by atoms with Gasteiger partial charge in [0.15, 0.2) is 5.65 Å². The van der Waals surface area contributed by atoms with Crippen LogP contribution in [0.3, 0.4) is 0 Å². The van der Waals surface area contributed by atoms with Crippen molar-refractivity contribution in [2.75, 3.05) is 5.43 Å². The van der Waals surface area contributed by atoms with Gasteiger partial charge in [-0.2, -0.15) is 15.1 Å². The number of aromatic nitrogens is 4. The number of fused-ring (bicyclic) bond motifs is 1. The fourth-order valence-electron chi connectivity index (χ4n) is 1.64. The summed E-state index contributed by atoms with van der Waals surface area (Å²) >= 11 is 15.5. The van der Waals surface area contributed by atoms with Crippen molar-refractivity contribution < 1.29 is 4.74 Å². The molecule has 7 nitrogen and oxygen atoms in total. The molecule has 4 N–H and O–H groups in total. The lowest BCUT2D eigenvalue weighted by molar-refractivity contribution is 0.469. The van der Waals surface area contributed by atoms with E-state index in [0.717, 1.165) is 0 Å². The number of aromatic amines is 1. The van der Waals surface area contributed by atoms with Crippen molar-refractivity contribution >= 4 is 56.1 Å². The number of nitrogens with zero attached hydrogens (tertiary/aromatic N) is 3. The van der Waals surface area contributed by atoms with E-state index in [1.54, 1.807) is 18.3 Å². The molecule has 0 saturated heterocycles. The third-order valence-corrected chi connectivity index (χ3v) is 4.08. The van der Waals surface area contributed by atoms with Gasteiger partial charge in [0.1, 0.15) is 11.1 Å². The summed E-state index contributed by atoms with van der Waals surface area (Å²) in [6.07, 6.45) is 1.54. The van der Waals surface area contributed by atoms with Crippen LogP contribution in [0.15, 0.2) is 22.8 Å². The van der Waals surface area contributed by atoms with Crippen molar-refractivity contribution in [1.82, 2.24) is 20.2 Å². The first kappa shape index (κ1) is 14.3. The predicted molar refractivity (Wildman–Crippen MR) is 83.7 cm³/mol. The fourth-order valence-corrected chi connectivity index (χ4v) is 2.47. The molecule has 0 aliphatic rings. The maximum Gasteiger partial charge on any atom is 0.242 e. The van der Waals surface area contributed by atoms with Crippen LogP contribution >= 0.6 is 39.1 Å². The van der Waals surface area contributed by atoms with E-state index in [9.17, 15) is 0 Å². The van der Waals surface area contributed by atoms with E-state index < -0.39 is 0 Å². The zero-order chi connectivity index (χ0) is 15.0. The summed E-state index contributed by atoms with van der Waals surface area (Å²) in [7, 11) is 0. The first-order valence-corrected chi connectivity index (χ1v) is 7.13. The molecule has 108 valence electrons. The molecule has 2 heterocycles. The summed E-state index contributed by atoms with van der Waals surface area (Å²) in [5.41, 5.74) is 2.83. The minimum atomic E-state index is 0.182. The van der Waals surface area contributed by atoms with Gasteiger partial charge < -0.3 is 4.74 Å². The summed E-state index contributed by atoms with van der Waals surface area (Å²) in [6, 6.07) is 3.21. The highest BCUT2D eigenvalue weighted by Gasteiger charge is 2.14. The van der Waals surface area contributed by atoms with Gasteiger partial charge in [0.25, 0.3) is 0 Å². The van der Waals surface area contributed by atoms with E-state index in [-0.39, 0.29) is 11.8 Å². The molecule has 0 unspecified atom stereocenters. The molecule has 10 heteroatoms. The number of nitrogens with one attached hydrogen (secondary N) is 2. The SMILES string of the molecule is NNc1nc(Oc2cc(Cl)c(Br)cc2Cl)c2cn[nH]c2n1. The number of benzene rings is 1. The van der Waals surface area contributed by atoms with E-state index in [0.29, 0.717) is 31.3 Å². The van der Waals surface area contributed by atoms with E-state index in [2.05, 4.69) is 41.5 Å². The Balaban J connectivity index is 2.09. The summed E-state index contributed by atoms with van der Waals surface area (Å²) in [4.78, 5) is 8.24. The van der Waals surface area contributed by atoms with Gasteiger partial charge in [-0.05, 0) is 22.0 Å². The largest absolute Gasteiger partial charge is 0.436 e. The number of hydrazine groups is 1. The normalized spacial score (nSPS) is 10.9. The van der Waals surface area contributed by atoms with E-state index in [1.165, 1.54) is 0 Å². The molecule has 0 bridgehead atoms. The second-order valence-electron chi connectivity index (χ2n) is 3.93. The van der Waals surface area contributed by atoms with Crippen molar-refractivity contribution in [2.45, 2.75) is 0 Å². The monoisotopic (exact) mass is 388 g/mol. The van der Waals surface area contributed by atoms with E-state index >= 15 is 0 Å². The molecular formula is C11H7BrCl2N6O. The molecule has 0 spiro atoms. The molecular weight excluding hydrogens is 383 g/mol. The van der Waals surface area contributed by atoms with Crippen molar-refractivity contribution in [3.63, 3.8) is 0 Å². The lowest BCUT2D eigenvalue weighted by Gasteiger charge is -2.09. The first-order valence-electron chi connectivity index (χ1n) is 5.58. The third kappa shape index (κ3) is 2.75. The molecule has 0 amide bonds. The van der Waals surface area contributed by atoms with Crippen LogP contribution in [0, 0.1) is 0 Å². The van der Waals surface area contributed by atoms with Gasteiger partial charge >= 0.3 is 0 Å². The first-order chi connectivity index (χ1) is 10.1. The Bertz CT molecular complexity index is 824. The molecule has 0 atom stereocenters. The molecule has 0 aliphatic carbocycles. The molecule has 0 radical (unpaired) electrons.